The van der Waals surface area contributed by atoms with Gasteiger partial charge in [-0.05, 0) is 5.56 Å². The molecule has 0 radical (unpaired) electrons. The molecule has 2 aromatic heterocycles. The van der Waals surface area contributed by atoms with Gasteiger partial charge in [-0.1, -0.05) is 41.9 Å². The molecule has 0 saturated heterocycles. The van der Waals surface area contributed by atoms with Gasteiger partial charge >= 0.3 is 11.5 Å². The lowest BCUT2D eigenvalue weighted by Crippen LogP contribution is -2.59. The van der Waals surface area contributed by atoms with Gasteiger partial charge in [-0.2, -0.15) is 4.57 Å². The number of nitrogens with zero attached hydrogens (tertiary/aromatic N) is 4. The van der Waals surface area contributed by atoms with E-state index in [0.717, 1.165) is 36.8 Å². The zero-order valence-corrected chi connectivity index (χ0v) is 16.0. The predicted molar refractivity (Wildman–Crippen MR) is 102 cm³/mol. The Kier molecular flexibility index (Phi) is 3.94. The van der Waals surface area contributed by atoms with Crippen molar-refractivity contribution in [2.45, 2.75) is 25.4 Å². The number of halogens is 1. The summed E-state index contributed by atoms with van der Waals surface area (Å²) in [5, 5.41) is 13.5. The Hall–Kier alpha value is -2.38. The predicted octanol–water partition coefficient (Wildman–Crippen LogP) is 2.19. The lowest BCUT2D eigenvalue weighted by molar-refractivity contribution is -0.745. The van der Waals surface area contributed by atoms with Gasteiger partial charge < -0.3 is 5.11 Å². The summed E-state index contributed by atoms with van der Waals surface area (Å²) in [5.41, 5.74) is 0.698. The highest BCUT2D eigenvalue weighted by Gasteiger charge is 2.40. The first kappa shape index (κ1) is 16.8. The van der Waals surface area contributed by atoms with E-state index < -0.39 is 0 Å². The Morgan fingerprint density at radius 2 is 2.04 bits per heavy atom. The lowest BCUT2D eigenvalue weighted by atomic mass is 10.0. The molecule has 8 heteroatoms. The molecule has 0 spiro atoms. The topological polar surface area (TPSA) is 65.1 Å². The van der Waals surface area contributed by atoms with Gasteiger partial charge in [-0.25, -0.2) is 9.55 Å². The van der Waals surface area contributed by atoms with E-state index in [0.29, 0.717) is 16.6 Å². The van der Waals surface area contributed by atoms with Crippen LogP contribution in [0.5, 0.6) is 5.88 Å². The molecule has 0 amide bonds. The van der Waals surface area contributed by atoms with Crippen LogP contribution in [0, 0.1) is 0 Å². The third-order valence-electron chi connectivity index (χ3n) is 5.31. The quantitative estimate of drug-likeness (QED) is 0.618. The standard InChI is InChI=1S/C19H17ClN4O2S/c20-18-21-11-14(27-18)13-7-10-22-8-4-9-23-16(25)15(12-5-2-1-3-6-12)17(26)24(13)19(22)23/h1-3,5-6,11,13H,4,7-10H2. The van der Waals surface area contributed by atoms with Crippen LogP contribution in [-0.4, -0.2) is 22.6 Å². The Labute approximate surface area is 164 Å². The number of aromatic nitrogens is 3. The Morgan fingerprint density at radius 3 is 2.78 bits per heavy atom. The largest absolute Gasteiger partial charge is 0.848 e. The summed E-state index contributed by atoms with van der Waals surface area (Å²) in [4.78, 5) is 20.5. The molecule has 1 atom stereocenters. The van der Waals surface area contributed by atoms with Crippen LogP contribution in [-0.2, 0) is 6.54 Å². The fraction of sp³-hybridized carbons (Fsp3) is 0.316. The molecule has 1 unspecified atom stereocenters. The summed E-state index contributed by atoms with van der Waals surface area (Å²) in [6, 6.07) is 9.06. The van der Waals surface area contributed by atoms with Crippen molar-refractivity contribution < 1.29 is 9.67 Å². The molecule has 1 aromatic carbocycles. The molecule has 0 fully saturated rings. The summed E-state index contributed by atoms with van der Waals surface area (Å²) in [6.45, 7) is 2.30. The van der Waals surface area contributed by atoms with Crippen LogP contribution in [0.4, 0.5) is 5.95 Å². The highest BCUT2D eigenvalue weighted by Crippen LogP contribution is 2.35. The van der Waals surface area contributed by atoms with E-state index in [4.69, 9.17) is 11.6 Å². The van der Waals surface area contributed by atoms with Gasteiger partial charge in [-0.3, -0.25) is 9.69 Å². The fourth-order valence-electron chi connectivity index (χ4n) is 4.14. The molecule has 0 N–H and O–H groups in total. The molecule has 5 rings (SSSR count). The molecule has 27 heavy (non-hydrogen) atoms. The van der Waals surface area contributed by atoms with Gasteiger partial charge in [0, 0.05) is 24.9 Å². The van der Waals surface area contributed by atoms with Crippen molar-refractivity contribution in [2.75, 3.05) is 18.0 Å². The highest BCUT2D eigenvalue weighted by atomic mass is 35.5. The number of rotatable bonds is 2. The van der Waals surface area contributed by atoms with Crippen LogP contribution >= 0.6 is 22.9 Å². The summed E-state index contributed by atoms with van der Waals surface area (Å²) >= 11 is 7.45. The van der Waals surface area contributed by atoms with Crippen LogP contribution in [0.2, 0.25) is 4.47 Å². The minimum atomic E-state index is -0.237. The summed E-state index contributed by atoms with van der Waals surface area (Å²) in [5.74, 6) is 0.482. The Bertz CT molecular complexity index is 1080. The summed E-state index contributed by atoms with van der Waals surface area (Å²) < 4.78 is 4.02. The van der Waals surface area contributed by atoms with Gasteiger partial charge in [0.15, 0.2) is 4.47 Å². The average molecular weight is 401 g/mol. The second kappa shape index (κ2) is 6.35. The third kappa shape index (κ3) is 2.56. The molecule has 2 aliphatic heterocycles. The molecule has 4 heterocycles. The van der Waals surface area contributed by atoms with Gasteiger partial charge in [0.1, 0.15) is 6.04 Å². The van der Waals surface area contributed by atoms with Crippen molar-refractivity contribution in [3.8, 4) is 17.0 Å². The second-order valence-corrected chi connectivity index (χ2v) is 8.48. The normalized spacial score (nSPS) is 18.4. The van der Waals surface area contributed by atoms with E-state index in [9.17, 15) is 9.90 Å². The van der Waals surface area contributed by atoms with Crippen LogP contribution in [0.1, 0.15) is 23.8 Å². The first-order valence-corrected chi connectivity index (χ1v) is 10.2. The zero-order chi connectivity index (χ0) is 18.5. The van der Waals surface area contributed by atoms with Crippen LogP contribution in [0.3, 0.4) is 0 Å². The van der Waals surface area contributed by atoms with E-state index >= 15 is 0 Å². The van der Waals surface area contributed by atoms with E-state index in [1.807, 2.05) is 30.3 Å². The minimum Gasteiger partial charge on any atom is -0.848 e. The minimum absolute atomic E-state index is 0.152. The first-order valence-electron chi connectivity index (χ1n) is 8.96. The van der Waals surface area contributed by atoms with Crippen LogP contribution in [0.25, 0.3) is 11.1 Å². The Morgan fingerprint density at radius 1 is 1.22 bits per heavy atom. The number of thiazole rings is 1. The second-order valence-electron chi connectivity index (χ2n) is 6.83. The van der Waals surface area contributed by atoms with Gasteiger partial charge in [0.05, 0.1) is 30.1 Å². The molecule has 0 saturated carbocycles. The van der Waals surface area contributed by atoms with Crippen molar-refractivity contribution in [1.29, 1.82) is 0 Å². The molecular formula is C19H17ClN4O2S. The zero-order valence-electron chi connectivity index (χ0n) is 14.5. The van der Waals surface area contributed by atoms with E-state index in [-0.39, 0.29) is 23.0 Å². The van der Waals surface area contributed by atoms with Crippen molar-refractivity contribution in [3.05, 3.63) is 56.2 Å². The molecule has 138 valence electrons. The maximum atomic E-state index is 13.5. The molecule has 0 aliphatic carbocycles. The summed E-state index contributed by atoms with van der Waals surface area (Å²) in [6.07, 6.45) is 3.43. The van der Waals surface area contributed by atoms with Crippen LogP contribution < -0.4 is 20.1 Å². The van der Waals surface area contributed by atoms with Crippen molar-refractivity contribution >= 4 is 28.9 Å². The van der Waals surface area contributed by atoms with Gasteiger partial charge in [-0.15, -0.1) is 11.3 Å². The van der Waals surface area contributed by atoms with E-state index in [1.165, 1.54) is 11.3 Å². The fourth-order valence-corrected chi connectivity index (χ4v) is 5.22. The van der Waals surface area contributed by atoms with E-state index in [2.05, 4.69) is 9.88 Å². The molecular weight excluding hydrogens is 384 g/mol. The van der Waals surface area contributed by atoms with Crippen LogP contribution in [0.15, 0.2) is 41.3 Å². The van der Waals surface area contributed by atoms with Gasteiger partial charge in [0.25, 0.3) is 0 Å². The maximum absolute atomic E-state index is 13.5. The number of hydrogen-bond acceptors (Lipinski definition) is 5. The number of anilines is 1. The highest BCUT2D eigenvalue weighted by molar-refractivity contribution is 7.15. The molecule has 0 bridgehead atoms. The summed E-state index contributed by atoms with van der Waals surface area (Å²) in [7, 11) is 0. The smallest absolute Gasteiger partial charge is 0.362 e. The first-order chi connectivity index (χ1) is 13.1. The number of benzene rings is 1. The molecule has 3 aromatic rings. The van der Waals surface area contributed by atoms with Crippen molar-refractivity contribution in [3.63, 3.8) is 0 Å². The lowest BCUT2D eigenvalue weighted by Gasteiger charge is -2.37. The number of hydrogen-bond donors (Lipinski definition) is 0. The monoisotopic (exact) mass is 400 g/mol. The van der Waals surface area contributed by atoms with Crippen molar-refractivity contribution in [2.24, 2.45) is 0 Å². The van der Waals surface area contributed by atoms with Gasteiger partial charge in [0.2, 0.25) is 0 Å². The Balaban J connectivity index is 1.82. The molecule has 6 nitrogen and oxygen atoms in total. The SMILES string of the molecule is O=c1c(-c2ccccc2)c([O-])[n+]2c3n1CCCN3CCC2c1cnc(Cl)s1. The maximum Gasteiger partial charge on any atom is 0.362 e. The molecule has 2 aliphatic rings. The van der Waals surface area contributed by atoms with E-state index in [1.54, 1.807) is 15.3 Å². The third-order valence-corrected chi connectivity index (χ3v) is 6.53. The average Bonchev–Trinajstić information content (AvgIpc) is 3.12. The van der Waals surface area contributed by atoms with Crippen molar-refractivity contribution in [1.82, 2.24) is 9.55 Å².